The summed E-state index contributed by atoms with van der Waals surface area (Å²) < 4.78 is 15.9. The molecule has 3 amide bonds. The summed E-state index contributed by atoms with van der Waals surface area (Å²) in [6.07, 6.45) is 3.42. The summed E-state index contributed by atoms with van der Waals surface area (Å²) in [5.41, 5.74) is 5.31. The van der Waals surface area contributed by atoms with Crippen molar-refractivity contribution >= 4 is 23.7 Å². The first-order valence-electron chi connectivity index (χ1n) is 10.1. The molecule has 2 fully saturated rings. The maximum atomic E-state index is 11.8. The average Bonchev–Trinajstić information content (AvgIpc) is 3.22. The van der Waals surface area contributed by atoms with Crippen LogP contribution in [0, 0.1) is 0 Å². The van der Waals surface area contributed by atoms with Crippen molar-refractivity contribution in [3.8, 4) is 0 Å². The van der Waals surface area contributed by atoms with Gasteiger partial charge in [0.2, 0.25) is 5.91 Å². The second-order valence-corrected chi connectivity index (χ2v) is 8.12. The van der Waals surface area contributed by atoms with Crippen LogP contribution in [0.2, 0.25) is 0 Å². The number of nitrogens with two attached hydrogens (primary N) is 1. The van der Waals surface area contributed by atoms with E-state index >= 15 is 0 Å². The molecule has 2 heterocycles. The standard InChI is InChI=1S/C18H34N4O5S/c19-5-7-25-9-11-27-12-10-26-8-6-20-16(23)4-2-1-3-15-17-14(13-28-15)21-18(24)22-17/h14-15,17H,1-13,19H2,(H,20,23)(H2,21,22,24)/t14?,15-,17-/m0/s1. The molecule has 2 aliphatic heterocycles. The van der Waals surface area contributed by atoms with Crippen molar-refractivity contribution in [3.05, 3.63) is 0 Å². The fraction of sp³-hybridized carbons (Fsp3) is 0.889. The SMILES string of the molecule is NCCOCCOCCOCCNC(=O)CCCC[C@@H]1SCC2NC(=O)N[C@@H]21. The molecule has 0 aromatic rings. The molecule has 162 valence electrons. The van der Waals surface area contributed by atoms with Crippen molar-refractivity contribution in [2.45, 2.75) is 43.0 Å². The van der Waals surface area contributed by atoms with Crippen molar-refractivity contribution in [2.24, 2.45) is 5.73 Å². The zero-order valence-electron chi connectivity index (χ0n) is 16.5. The Kier molecular flexibility index (Phi) is 11.6. The molecule has 0 radical (unpaired) electrons. The Morgan fingerprint density at radius 1 is 1.07 bits per heavy atom. The van der Waals surface area contributed by atoms with Gasteiger partial charge in [0.05, 0.1) is 51.7 Å². The Hall–Kier alpha value is -1.07. The predicted octanol–water partition coefficient (Wildman–Crippen LogP) is -0.163. The summed E-state index contributed by atoms with van der Waals surface area (Å²) >= 11 is 1.91. The lowest BCUT2D eigenvalue weighted by Gasteiger charge is -2.16. The first-order valence-corrected chi connectivity index (χ1v) is 11.1. The molecule has 10 heteroatoms. The number of ether oxygens (including phenoxy) is 3. The van der Waals surface area contributed by atoms with Crippen LogP contribution in [0.25, 0.3) is 0 Å². The van der Waals surface area contributed by atoms with Gasteiger partial charge in [-0.3, -0.25) is 4.79 Å². The molecule has 1 unspecified atom stereocenters. The van der Waals surface area contributed by atoms with Crippen LogP contribution in [0.3, 0.4) is 0 Å². The van der Waals surface area contributed by atoms with Crippen LogP contribution in [0.5, 0.6) is 0 Å². The largest absolute Gasteiger partial charge is 0.378 e. The summed E-state index contributed by atoms with van der Waals surface area (Å²) in [6.45, 7) is 4.15. The maximum Gasteiger partial charge on any atom is 0.315 e. The minimum Gasteiger partial charge on any atom is -0.378 e. The Balaban J connectivity index is 1.34. The zero-order valence-corrected chi connectivity index (χ0v) is 17.3. The van der Waals surface area contributed by atoms with E-state index in [1.165, 1.54) is 0 Å². The molecule has 0 aliphatic carbocycles. The van der Waals surface area contributed by atoms with Crippen molar-refractivity contribution in [3.63, 3.8) is 0 Å². The maximum absolute atomic E-state index is 11.8. The molecule has 2 saturated heterocycles. The molecule has 5 N–H and O–H groups in total. The molecule has 9 nitrogen and oxygen atoms in total. The summed E-state index contributed by atoms with van der Waals surface area (Å²) in [5, 5.41) is 9.26. The van der Waals surface area contributed by atoms with Crippen molar-refractivity contribution in [1.82, 2.24) is 16.0 Å². The number of hydrogen-bond acceptors (Lipinski definition) is 7. The first-order chi connectivity index (χ1) is 13.7. The highest BCUT2D eigenvalue weighted by molar-refractivity contribution is 8.00. The van der Waals surface area contributed by atoms with Crippen LogP contribution in [-0.4, -0.2) is 87.8 Å². The molecule has 3 atom stereocenters. The lowest BCUT2D eigenvalue weighted by Crippen LogP contribution is -2.36. The monoisotopic (exact) mass is 418 g/mol. The van der Waals surface area contributed by atoms with Crippen LogP contribution < -0.4 is 21.7 Å². The van der Waals surface area contributed by atoms with Gasteiger partial charge in [0.25, 0.3) is 0 Å². The molecule has 2 aliphatic rings. The molecule has 2 rings (SSSR count). The van der Waals surface area contributed by atoms with Gasteiger partial charge in [-0.05, 0) is 12.8 Å². The molecule has 0 aromatic heterocycles. The lowest BCUT2D eigenvalue weighted by atomic mass is 10.0. The number of thioether (sulfide) groups is 1. The third kappa shape index (κ3) is 8.95. The number of hydrogen-bond donors (Lipinski definition) is 4. The Labute approximate surface area is 171 Å². The van der Waals surface area contributed by atoms with Crippen LogP contribution in [0.15, 0.2) is 0 Å². The molecular formula is C18H34N4O5S. The van der Waals surface area contributed by atoms with Gasteiger partial charge < -0.3 is 35.9 Å². The quantitative estimate of drug-likeness (QED) is 0.203. The van der Waals surface area contributed by atoms with E-state index in [2.05, 4.69) is 16.0 Å². The Morgan fingerprint density at radius 3 is 2.54 bits per heavy atom. The van der Waals surface area contributed by atoms with E-state index in [0.29, 0.717) is 64.4 Å². The van der Waals surface area contributed by atoms with Gasteiger partial charge in [-0.25, -0.2) is 4.79 Å². The van der Waals surface area contributed by atoms with Gasteiger partial charge in [0.15, 0.2) is 0 Å². The van der Waals surface area contributed by atoms with Gasteiger partial charge >= 0.3 is 6.03 Å². The normalized spacial score (nSPS) is 23.3. The second-order valence-electron chi connectivity index (χ2n) is 6.84. The number of urea groups is 1. The second kappa shape index (κ2) is 14.0. The van der Waals surface area contributed by atoms with Crippen LogP contribution in [0.1, 0.15) is 25.7 Å². The molecular weight excluding hydrogens is 384 g/mol. The van der Waals surface area contributed by atoms with E-state index in [-0.39, 0.29) is 24.0 Å². The third-order valence-electron chi connectivity index (χ3n) is 4.66. The molecule has 0 aromatic carbocycles. The van der Waals surface area contributed by atoms with E-state index in [9.17, 15) is 9.59 Å². The van der Waals surface area contributed by atoms with Crippen molar-refractivity contribution in [2.75, 3.05) is 58.5 Å². The minimum absolute atomic E-state index is 0.0509. The van der Waals surface area contributed by atoms with E-state index in [1.807, 2.05) is 11.8 Å². The number of nitrogens with one attached hydrogen (secondary N) is 3. The zero-order chi connectivity index (χ0) is 20.0. The van der Waals surface area contributed by atoms with Gasteiger partial charge in [-0.2, -0.15) is 11.8 Å². The number of fused-ring (bicyclic) bond motifs is 1. The molecule has 0 spiro atoms. The highest BCUT2D eigenvalue weighted by atomic mass is 32.2. The van der Waals surface area contributed by atoms with Gasteiger partial charge in [0, 0.05) is 30.5 Å². The number of rotatable bonds is 16. The van der Waals surface area contributed by atoms with Crippen molar-refractivity contribution in [1.29, 1.82) is 0 Å². The molecule has 0 bridgehead atoms. The number of carbonyl (C=O) groups excluding carboxylic acids is 2. The van der Waals surface area contributed by atoms with E-state index in [0.717, 1.165) is 25.0 Å². The van der Waals surface area contributed by atoms with Crippen LogP contribution in [0.4, 0.5) is 4.79 Å². The third-order valence-corrected chi connectivity index (χ3v) is 6.16. The van der Waals surface area contributed by atoms with Crippen LogP contribution >= 0.6 is 11.8 Å². The molecule has 0 saturated carbocycles. The highest BCUT2D eigenvalue weighted by Gasteiger charge is 2.42. The Bertz CT molecular complexity index is 471. The Morgan fingerprint density at radius 2 is 1.79 bits per heavy atom. The predicted molar refractivity (Wildman–Crippen MR) is 108 cm³/mol. The van der Waals surface area contributed by atoms with Crippen LogP contribution in [-0.2, 0) is 19.0 Å². The summed E-state index contributed by atoms with van der Waals surface area (Å²) in [4.78, 5) is 23.2. The van der Waals surface area contributed by atoms with E-state index in [4.69, 9.17) is 19.9 Å². The number of unbranched alkanes of at least 4 members (excludes halogenated alkanes) is 1. The molecule has 28 heavy (non-hydrogen) atoms. The fourth-order valence-corrected chi connectivity index (χ4v) is 4.79. The number of carbonyl (C=O) groups is 2. The van der Waals surface area contributed by atoms with Gasteiger partial charge in [0.1, 0.15) is 0 Å². The summed E-state index contributed by atoms with van der Waals surface area (Å²) in [5.74, 6) is 1.03. The van der Waals surface area contributed by atoms with E-state index < -0.39 is 0 Å². The van der Waals surface area contributed by atoms with Crippen molar-refractivity contribution < 1.29 is 23.8 Å². The summed E-state index contributed by atoms with van der Waals surface area (Å²) in [6, 6.07) is 0.455. The van der Waals surface area contributed by atoms with E-state index in [1.54, 1.807) is 0 Å². The first kappa shape index (κ1) is 23.2. The van der Waals surface area contributed by atoms with Gasteiger partial charge in [-0.1, -0.05) is 6.42 Å². The average molecular weight is 419 g/mol. The smallest absolute Gasteiger partial charge is 0.315 e. The fourth-order valence-electron chi connectivity index (χ4n) is 3.25. The highest BCUT2D eigenvalue weighted by Crippen LogP contribution is 2.33. The lowest BCUT2D eigenvalue weighted by molar-refractivity contribution is -0.121. The topological polar surface area (TPSA) is 124 Å². The summed E-state index contributed by atoms with van der Waals surface area (Å²) in [7, 11) is 0. The number of amides is 3. The van der Waals surface area contributed by atoms with Gasteiger partial charge in [-0.15, -0.1) is 0 Å². The minimum atomic E-state index is -0.0509.